The first-order valence-electron chi connectivity index (χ1n) is 23.1. The van der Waals surface area contributed by atoms with Crippen LogP contribution in [0, 0.1) is 0 Å². The highest BCUT2D eigenvalue weighted by Gasteiger charge is 2.28. The first-order chi connectivity index (χ1) is 29.8. The summed E-state index contributed by atoms with van der Waals surface area (Å²) >= 11 is 0. The molecule has 0 spiro atoms. The summed E-state index contributed by atoms with van der Waals surface area (Å²) in [5.74, 6) is -1.12. The number of phosphoric ester groups is 2. The van der Waals surface area contributed by atoms with Gasteiger partial charge in [0.1, 0.15) is 12.7 Å². The van der Waals surface area contributed by atoms with E-state index in [0.29, 0.717) is 19.3 Å². The van der Waals surface area contributed by atoms with E-state index in [2.05, 4.69) is 64.6 Å². The number of rotatable bonds is 43. The molecule has 0 rings (SSSR count). The van der Waals surface area contributed by atoms with Crippen LogP contribution in [0.15, 0.2) is 60.8 Å². The molecule has 0 bridgehead atoms. The monoisotopic (exact) mass is 921 g/mol. The van der Waals surface area contributed by atoms with Crippen molar-refractivity contribution in [3.05, 3.63) is 60.8 Å². The Labute approximate surface area is 373 Å². The average Bonchev–Trinajstić information content (AvgIpc) is 3.23. The smallest absolute Gasteiger partial charge is 0.462 e. The minimum Gasteiger partial charge on any atom is -0.462 e. The van der Waals surface area contributed by atoms with Gasteiger partial charge in [-0.05, 0) is 83.5 Å². The van der Waals surface area contributed by atoms with Crippen LogP contribution in [0.1, 0.15) is 174 Å². The highest BCUT2D eigenvalue weighted by molar-refractivity contribution is 7.47. The summed E-state index contributed by atoms with van der Waals surface area (Å²) in [5, 5.41) is 19.3. The van der Waals surface area contributed by atoms with E-state index in [1.54, 1.807) is 0 Å². The standard InChI is InChI=1S/C46H82O14P2/c1-3-5-6-7-8-9-10-11-12-13-14-18-21-24-27-30-33-36-45(49)56-40-44(41-59-62(54,55)58-39-43(48)38-57-61(51,52)53)60-46(50)37-34-31-28-25-22-19-16-15-17-20-23-26-29-32-35-42(47)4-2/h11-12,16-17,19-20,25-26,28-29,42-44,47-48H,3-10,13-15,18,21-24,27,30-41H2,1-2H3,(H,54,55)(H2,51,52,53)/b12-11-,19-16-,20-17-,28-25-,29-26-/t42-,43+,44-/m1/s1. The van der Waals surface area contributed by atoms with E-state index in [-0.39, 0.29) is 18.9 Å². The summed E-state index contributed by atoms with van der Waals surface area (Å²) in [6.45, 7) is 1.41. The fourth-order valence-corrected chi connectivity index (χ4v) is 7.00. The van der Waals surface area contributed by atoms with Crippen LogP contribution in [0.2, 0.25) is 0 Å². The number of esters is 2. The highest BCUT2D eigenvalue weighted by atomic mass is 31.2. The number of aliphatic hydroxyl groups excluding tert-OH is 2. The molecule has 4 atom stereocenters. The molecule has 0 aromatic heterocycles. The van der Waals surface area contributed by atoms with Crippen molar-refractivity contribution in [1.29, 1.82) is 0 Å². The second-order valence-electron chi connectivity index (χ2n) is 15.5. The fourth-order valence-electron chi connectivity index (χ4n) is 5.84. The number of carbonyl (C=O) groups is 2. The Hall–Kier alpha value is -2.22. The maximum Gasteiger partial charge on any atom is 0.472 e. The van der Waals surface area contributed by atoms with E-state index in [1.807, 2.05) is 19.1 Å². The maximum absolute atomic E-state index is 12.7. The van der Waals surface area contributed by atoms with Crippen molar-refractivity contribution in [1.82, 2.24) is 0 Å². The van der Waals surface area contributed by atoms with Gasteiger partial charge in [0, 0.05) is 12.8 Å². The molecule has 0 heterocycles. The number of hydrogen-bond acceptors (Lipinski definition) is 11. The lowest BCUT2D eigenvalue weighted by atomic mass is 10.1. The highest BCUT2D eigenvalue weighted by Crippen LogP contribution is 2.43. The molecular weight excluding hydrogens is 838 g/mol. The molecule has 16 heteroatoms. The predicted molar refractivity (Wildman–Crippen MR) is 245 cm³/mol. The van der Waals surface area contributed by atoms with E-state index in [9.17, 15) is 33.8 Å². The van der Waals surface area contributed by atoms with Crippen molar-refractivity contribution in [3.8, 4) is 0 Å². The van der Waals surface area contributed by atoms with Crippen LogP contribution >= 0.6 is 15.6 Å². The molecule has 0 fully saturated rings. The van der Waals surface area contributed by atoms with E-state index in [4.69, 9.17) is 23.8 Å². The molecule has 0 amide bonds. The third-order valence-corrected chi connectivity index (χ3v) is 11.0. The Morgan fingerprint density at radius 2 is 0.952 bits per heavy atom. The molecule has 360 valence electrons. The second kappa shape index (κ2) is 41.5. The Morgan fingerprint density at radius 1 is 0.500 bits per heavy atom. The van der Waals surface area contributed by atoms with Crippen molar-refractivity contribution >= 4 is 27.6 Å². The Bertz CT molecular complexity index is 1340. The number of unbranched alkanes of at least 4 members (excludes halogenated alkanes) is 14. The number of allylic oxidation sites excluding steroid dienone is 10. The lowest BCUT2D eigenvalue weighted by Crippen LogP contribution is -2.29. The van der Waals surface area contributed by atoms with Gasteiger partial charge in [0.05, 0.1) is 25.9 Å². The largest absolute Gasteiger partial charge is 0.472 e. The lowest BCUT2D eigenvalue weighted by Gasteiger charge is -2.20. The van der Waals surface area contributed by atoms with Gasteiger partial charge in [0.2, 0.25) is 0 Å². The third kappa shape index (κ3) is 44.4. The Balaban J connectivity index is 4.59. The van der Waals surface area contributed by atoms with Gasteiger partial charge in [0.25, 0.3) is 0 Å². The quantitative estimate of drug-likeness (QED) is 0.0166. The summed E-state index contributed by atoms with van der Waals surface area (Å²) in [6, 6.07) is 0. The summed E-state index contributed by atoms with van der Waals surface area (Å²) in [5.41, 5.74) is 0. The molecule has 5 N–H and O–H groups in total. The minimum atomic E-state index is -4.88. The van der Waals surface area contributed by atoms with Crippen molar-refractivity contribution in [2.45, 2.75) is 193 Å². The SMILES string of the molecule is CCCCCCCC/C=C\CCCCCCCCCC(=O)OC[C@H](COP(=O)(O)OC[C@@H](O)COP(=O)(O)O)OC(=O)CCC/C=C\C/C=C\C/C=C\C/C=C\CC[C@H](O)CC. The topological polar surface area (TPSA) is 216 Å². The summed E-state index contributed by atoms with van der Waals surface area (Å²) in [6.07, 6.45) is 41.6. The first kappa shape index (κ1) is 59.8. The van der Waals surface area contributed by atoms with Gasteiger partial charge >= 0.3 is 27.6 Å². The maximum atomic E-state index is 12.7. The van der Waals surface area contributed by atoms with Crippen molar-refractivity contribution in [3.63, 3.8) is 0 Å². The molecule has 0 aromatic carbocycles. The predicted octanol–water partition coefficient (Wildman–Crippen LogP) is 11.0. The normalized spacial score (nSPS) is 15.0. The van der Waals surface area contributed by atoms with E-state index in [1.165, 1.54) is 57.8 Å². The van der Waals surface area contributed by atoms with Gasteiger partial charge in [-0.25, -0.2) is 9.13 Å². The van der Waals surface area contributed by atoms with Crippen molar-refractivity contribution in [2.24, 2.45) is 0 Å². The van der Waals surface area contributed by atoms with Crippen LogP contribution < -0.4 is 0 Å². The van der Waals surface area contributed by atoms with Crippen LogP contribution in [0.5, 0.6) is 0 Å². The first-order valence-corrected chi connectivity index (χ1v) is 26.1. The van der Waals surface area contributed by atoms with Gasteiger partial charge in [-0.1, -0.05) is 139 Å². The fraction of sp³-hybridized carbons (Fsp3) is 0.739. The van der Waals surface area contributed by atoms with E-state index < -0.39 is 66.2 Å². The van der Waals surface area contributed by atoms with Crippen LogP contribution in [0.25, 0.3) is 0 Å². The molecular formula is C46H82O14P2. The lowest BCUT2D eigenvalue weighted by molar-refractivity contribution is -0.161. The van der Waals surface area contributed by atoms with Crippen LogP contribution in [0.4, 0.5) is 0 Å². The number of aliphatic hydroxyl groups is 2. The van der Waals surface area contributed by atoms with Crippen molar-refractivity contribution < 1.29 is 66.7 Å². The molecule has 0 aromatic rings. The van der Waals surface area contributed by atoms with Gasteiger partial charge < -0.3 is 34.4 Å². The molecule has 0 aliphatic rings. The number of carbonyl (C=O) groups excluding carboxylic acids is 2. The molecule has 0 saturated carbocycles. The molecule has 0 aliphatic heterocycles. The number of phosphoric acid groups is 2. The number of ether oxygens (including phenoxy) is 2. The van der Waals surface area contributed by atoms with Crippen LogP contribution in [-0.2, 0) is 41.8 Å². The molecule has 1 unspecified atom stereocenters. The van der Waals surface area contributed by atoms with Crippen LogP contribution in [0.3, 0.4) is 0 Å². The molecule has 62 heavy (non-hydrogen) atoms. The molecule has 14 nitrogen and oxygen atoms in total. The van der Waals surface area contributed by atoms with Gasteiger partial charge in [0.15, 0.2) is 6.10 Å². The zero-order valence-electron chi connectivity index (χ0n) is 37.8. The second-order valence-corrected chi connectivity index (χ2v) is 18.2. The van der Waals surface area contributed by atoms with Crippen molar-refractivity contribution in [2.75, 3.05) is 26.4 Å². The van der Waals surface area contributed by atoms with E-state index >= 15 is 0 Å². The van der Waals surface area contributed by atoms with Gasteiger partial charge in [-0.15, -0.1) is 0 Å². The number of hydrogen-bond donors (Lipinski definition) is 5. The van der Waals surface area contributed by atoms with E-state index in [0.717, 1.165) is 70.6 Å². The molecule has 0 aliphatic carbocycles. The zero-order valence-corrected chi connectivity index (χ0v) is 39.6. The zero-order chi connectivity index (χ0) is 46.0. The molecule has 0 saturated heterocycles. The van der Waals surface area contributed by atoms with Crippen LogP contribution in [-0.4, -0.2) is 81.6 Å². The third-order valence-electron chi connectivity index (χ3n) is 9.53. The average molecular weight is 921 g/mol. The molecule has 0 radical (unpaired) electrons. The van der Waals surface area contributed by atoms with Gasteiger partial charge in [-0.3, -0.25) is 23.2 Å². The minimum absolute atomic E-state index is 0.0397. The Morgan fingerprint density at radius 3 is 1.52 bits per heavy atom. The summed E-state index contributed by atoms with van der Waals surface area (Å²) in [4.78, 5) is 52.7. The Kier molecular flexibility index (Phi) is 40.0. The summed E-state index contributed by atoms with van der Waals surface area (Å²) in [7, 11) is -9.71. The van der Waals surface area contributed by atoms with Gasteiger partial charge in [-0.2, -0.15) is 0 Å². The summed E-state index contributed by atoms with van der Waals surface area (Å²) < 4.78 is 47.7.